The van der Waals surface area contributed by atoms with Crippen molar-refractivity contribution in [3.8, 4) is 22.9 Å². The van der Waals surface area contributed by atoms with Crippen molar-refractivity contribution in [2.24, 2.45) is 0 Å². The standard InChI is InChI=1S/C24H21N5O2/c30-24(19-9-6-10-21(15-19)31-23-11-4-5-13-25-23)28-14-12-20(16-28)29-17-22(26-27-29)18-7-2-1-3-8-18/h1-11,13,15,17,20H,12,14,16H2. The van der Waals surface area contributed by atoms with Gasteiger partial charge in [0.2, 0.25) is 5.88 Å². The first-order valence-electron chi connectivity index (χ1n) is 10.2. The number of carbonyl (C=O) groups is 1. The van der Waals surface area contributed by atoms with Crippen molar-refractivity contribution in [2.75, 3.05) is 13.1 Å². The molecule has 154 valence electrons. The maximum atomic E-state index is 13.1. The van der Waals surface area contributed by atoms with E-state index in [0.29, 0.717) is 30.3 Å². The van der Waals surface area contributed by atoms with Gasteiger partial charge >= 0.3 is 0 Å². The summed E-state index contributed by atoms with van der Waals surface area (Å²) < 4.78 is 7.63. The minimum atomic E-state index is -0.0163. The number of likely N-dealkylation sites (tertiary alicyclic amines) is 1. The van der Waals surface area contributed by atoms with Crippen LogP contribution in [0.3, 0.4) is 0 Å². The fraction of sp³-hybridized carbons (Fsp3) is 0.167. The Hall–Kier alpha value is -4.00. The zero-order chi connectivity index (χ0) is 21.0. The van der Waals surface area contributed by atoms with Gasteiger partial charge in [-0.1, -0.05) is 47.7 Å². The van der Waals surface area contributed by atoms with Gasteiger partial charge in [-0.25, -0.2) is 9.67 Å². The molecule has 0 spiro atoms. The Morgan fingerprint density at radius 3 is 2.71 bits per heavy atom. The van der Waals surface area contributed by atoms with Crippen LogP contribution < -0.4 is 4.74 Å². The number of rotatable bonds is 5. The van der Waals surface area contributed by atoms with Gasteiger partial charge in [-0.2, -0.15) is 0 Å². The summed E-state index contributed by atoms with van der Waals surface area (Å²) in [7, 11) is 0. The van der Waals surface area contributed by atoms with Crippen LogP contribution in [0.1, 0.15) is 22.8 Å². The first-order valence-corrected chi connectivity index (χ1v) is 10.2. The average molecular weight is 411 g/mol. The van der Waals surface area contributed by atoms with Crippen LogP contribution >= 0.6 is 0 Å². The molecule has 1 fully saturated rings. The molecule has 1 aliphatic rings. The third-order valence-corrected chi connectivity index (χ3v) is 5.35. The van der Waals surface area contributed by atoms with Crippen LogP contribution in [0.25, 0.3) is 11.3 Å². The minimum absolute atomic E-state index is 0.0163. The quantitative estimate of drug-likeness (QED) is 0.492. The lowest BCUT2D eigenvalue weighted by Crippen LogP contribution is -2.29. The van der Waals surface area contributed by atoms with Crippen LogP contribution in [0, 0.1) is 0 Å². The van der Waals surface area contributed by atoms with Gasteiger partial charge in [-0.15, -0.1) is 5.10 Å². The maximum absolute atomic E-state index is 13.1. The van der Waals surface area contributed by atoms with E-state index < -0.39 is 0 Å². The van der Waals surface area contributed by atoms with E-state index in [1.54, 1.807) is 18.3 Å². The summed E-state index contributed by atoms with van der Waals surface area (Å²) >= 11 is 0. The van der Waals surface area contributed by atoms with Gasteiger partial charge in [0, 0.05) is 36.5 Å². The Morgan fingerprint density at radius 1 is 1.00 bits per heavy atom. The highest BCUT2D eigenvalue weighted by molar-refractivity contribution is 5.94. The summed E-state index contributed by atoms with van der Waals surface area (Å²) in [6.45, 7) is 1.27. The van der Waals surface area contributed by atoms with Crippen molar-refractivity contribution in [2.45, 2.75) is 12.5 Å². The SMILES string of the molecule is O=C(c1cccc(Oc2ccccn2)c1)N1CCC(n2cc(-c3ccccc3)nn2)C1. The Kier molecular flexibility index (Phi) is 5.14. The van der Waals surface area contributed by atoms with Gasteiger partial charge in [0.25, 0.3) is 5.91 Å². The van der Waals surface area contributed by atoms with Gasteiger partial charge in [-0.3, -0.25) is 4.79 Å². The summed E-state index contributed by atoms with van der Waals surface area (Å²) in [5.41, 5.74) is 2.46. The van der Waals surface area contributed by atoms with E-state index in [1.165, 1.54) is 0 Å². The van der Waals surface area contributed by atoms with Gasteiger partial charge in [-0.05, 0) is 30.7 Å². The molecule has 1 atom stereocenters. The summed E-state index contributed by atoms with van der Waals surface area (Å²) in [5, 5.41) is 8.60. The lowest BCUT2D eigenvalue weighted by molar-refractivity contribution is 0.0786. The molecule has 2 aromatic carbocycles. The van der Waals surface area contributed by atoms with Crippen LogP contribution in [0.15, 0.2) is 85.2 Å². The van der Waals surface area contributed by atoms with E-state index in [0.717, 1.165) is 17.7 Å². The average Bonchev–Trinajstić information content (AvgIpc) is 3.50. The summed E-state index contributed by atoms with van der Waals surface area (Å²) in [5.74, 6) is 1.06. The van der Waals surface area contributed by atoms with E-state index in [-0.39, 0.29) is 11.9 Å². The molecule has 1 aliphatic heterocycles. The number of hydrogen-bond donors (Lipinski definition) is 0. The van der Waals surface area contributed by atoms with Gasteiger partial charge < -0.3 is 9.64 Å². The number of hydrogen-bond acceptors (Lipinski definition) is 5. The lowest BCUT2D eigenvalue weighted by Gasteiger charge is -2.17. The van der Waals surface area contributed by atoms with Crippen molar-refractivity contribution in [1.82, 2.24) is 24.9 Å². The first kappa shape index (κ1) is 19.0. The number of benzene rings is 2. The molecule has 0 N–H and O–H groups in total. The van der Waals surface area contributed by atoms with Crippen LogP contribution in [0.2, 0.25) is 0 Å². The molecule has 1 saturated heterocycles. The predicted molar refractivity (Wildman–Crippen MR) is 116 cm³/mol. The van der Waals surface area contributed by atoms with E-state index in [9.17, 15) is 4.79 Å². The molecule has 4 aromatic rings. The summed E-state index contributed by atoms with van der Waals surface area (Å²) in [4.78, 5) is 19.1. The Bertz CT molecular complexity index is 1180. The third-order valence-electron chi connectivity index (χ3n) is 5.35. The van der Waals surface area contributed by atoms with E-state index in [1.807, 2.05) is 76.4 Å². The van der Waals surface area contributed by atoms with Crippen LogP contribution in [0.4, 0.5) is 0 Å². The molecule has 31 heavy (non-hydrogen) atoms. The lowest BCUT2D eigenvalue weighted by atomic mass is 10.2. The molecule has 5 rings (SSSR count). The number of amides is 1. The monoisotopic (exact) mass is 411 g/mol. The molecule has 0 bridgehead atoms. The van der Waals surface area contributed by atoms with E-state index in [4.69, 9.17) is 4.74 Å². The fourth-order valence-electron chi connectivity index (χ4n) is 3.74. The fourth-order valence-corrected chi connectivity index (χ4v) is 3.74. The van der Waals surface area contributed by atoms with Gasteiger partial charge in [0.05, 0.1) is 12.2 Å². The second kappa shape index (κ2) is 8.39. The topological polar surface area (TPSA) is 73.1 Å². The Morgan fingerprint density at radius 2 is 1.87 bits per heavy atom. The number of aromatic nitrogens is 4. The minimum Gasteiger partial charge on any atom is -0.439 e. The van der Waals surface area contributed by atoms with Crippen LogP contribution in [-0.4, -0.2) is 43.9 Å². The molecule has 1 unspecified atom stereocenters. The zero-order valence-corrected chi connectivity index (χ0v) is 16.8. The van der Waals surface area contributed by atoms with Crippen molar-refractivity contribution in [3.63, 3.8) is 0 Å². The molecule has 3 heterocycles. The highest BCUT2D eigenvalue weighted by atomic mass is 16.5. The Balaban J connectivity index is 1.27. The first-order chi connectivity index (χ1) is 15.3. The van der Waals surface area contributed by atoms with Crippen molar-refractivity contribution >= 4 is 5.91 Å². The van der Waals surface area contributed by atoms with Crippen molar-refractivity contribution in [3.05, 3.63) is 90.8 Å². The summed E-state index contributed by atoms with van der Waals surface area (Å²) in [6, 6.07) is 22.7. The van der Waals surface area contributed by atoms with Crippen molar-refractivity contribution < 1.29 is 9.53 Å². The highest BCUT2D eigenvalue weighted by Crippen LogP contribution is 2.26. The maximum Gasteiger partial charge on any atom is 0.254 e. The highest BCUT2D eigenvalue weighted by Gasteiger charge is 2.29. The molecule has 0 saturated carbocycles. The van der Waals surface area contributed by atoms with Crippen molar-refractivity contribution in [1.29, 1.82) is 0 Å². The number of pyridine rings is 1. The number of carbonyl (C=O) groups excluding carboxylic acids is 1. The second-order valence-electron chi connectivity index (χ2n) is 7.44. The normalized spacial score (nSPS) is 15.7. The van der Waals surface area contributed by atoms with E-state index >= 15 is 0 Å². The molecular formula is C24H21N5O2. The second-order valence-corrected chi connectivity index (χ2v) is 7.44. The van der Waals surface area contributed by atoms with E-state index in [2.05, 4.69) is 15.3 Å². The zero-order valence-electron chi connectivity index (χ0n) is 16.8. The molecule has 1 amide bonds. The third kappa shape index (κ3) is 4.16. The molecule has 0 radical (unpaired) electrons. The molecule has 2 aromatic heterocycles. The number of ether oxygens (including phenoxy) is 1. The Labute approximate surface area is 179 Å². The smallest absolute Gasteiger partial charge is 0.254 e. The number of nitrogens with zero attached hydrogens (tertiary/aromatic N) is 5. The molecule has 0 aliphatic carbocycles. The molecule has 7 heteroatoms. The van der Waals surface area contributed by atoms with Gasteiger partial charge in [0.15, 0.2) is 0 Å². The molecule has 7 nitrogen and oxygen atoms in total. The largest absolute Gasteiger partial charge is 0.439 e. The van der Waals surface area contributed by atoms with Gasteiger partial charge in [0.1, 0.15) is 11.4 Å². The van der Waals surface area contributed by atoms with Crippen LogP contribution in [0.5, 0.6) is 11.6 Å². The summed E-state index contributed by atoms with van der Waals surface area (Å²) in [6.07, 6.45) is 4.46. The van der Waals surface area contributed by atoms with Crippen LogP contribution in [-0.2, 0) is 0 Å². The predicted octanol–water partition coefficient (Wildman–Crippen LogP) is 4.22. The molecular weight excluding hydrogens is 390 g/mol.